The molecule has 1 aromatic rings. The number of ether oxygens (including phenoxy) is 1. The van der Waals surface area contributed by atoms with Crippen molar-refractivity contribution >= 4 is 11.6 Å². The Kier molecular flexibility index (Phi) is 5.83. The van der Waals surface area contributed by atoms with Crippen molar-refractivity contribution in [3.05, 3.63) is 24.3 Å². The molecule has 2 saturated heterocycles. The molecule has 1 aromatic carbocycles. The summed E-state index contributed by atoms with van der Waals surface area (Å²) in [7, 11) is 1.69. The maximum Gasteiger partial charge on any atom is 0.236 e. The van der Waals surface area contributed by atoms with Crippen LogP contribution in [0.3, 0.4) is 0 Å². The standard InChI is InChI=1S/C21H32N4O2/c1-27-20-7-5-19(6-8-20)23-11-9-22(10-12-23)17-21(26)25-15-13-24(14-16-25)18-3-2-4-18/h5-8,18H,2-4,9-17H2,1H3. The summed E-state index contributed by atoms with van der Waals surface area (Å²) in [5.74, 6) is 1.20. The fraction of sp³-hybridized carbons (Fsp3) is 0.667. The first-order chi connectivity index (χ1) is 13.2. The quantitative estimate of drug-likeness (QED) is 0.784. The van der Waals surface area contributed by atoms with Crippen LogP contribution in [-0.4, -0.2) is 92.7 Å². The molecule has 6 heteroatoms. The molecule has 1 saturated carbocycles. The lowest BCUT2D eigenvalue weighted by Crippen LogP contribution is -2.56. The SMILES string of the molecule is COc1ccc(N2CCN(CC(=O)N3CCN(C4CCC4)CC3)CC2)cc1. The third kappa shape index (κ3) is 4.38. The lowest BCUT2D eigenvalue weighted by atomic mass is 9.91. The van der Waals surface area contributed by atoms with E-state index < -0.39 is 0 Å². The predicted molar refractivity (Wildman–Crippen MR) is 107 cm³/mol. The highest BCUT2D eigenvalue weighted by atomic mass is 16.5. The Hall–Kier alpha value is -1.79. The van der Waals surface area contributed by atoms with E-state index in [0.717, 1.165) is 64.1 Å². The van der Waals surface area contributed by atoms with Crippen LogP contribution in [0, 0.1) is 0 Å². The van der Waals surface area contributed by atoms with Crippen LogP contribution >= 0.6 is 0 Å². The molecule has 1 aliphatic carbocycles. The van der Waals surface area contributed by atoms with E-state index in [2.05, 4.69) is 31.7 Å². The van der Waals surface area contributed by atoms with Crippen molar-refractivity contribution in [2.45, 2.75) is 25.3 Å². The Morgan fingerprint density at radius 3 is 2.19 bits per heavy atom. The summed E-state index contributed by atoms with van der Waals surface area (Å²) in [5.41, 5.74) is 1.23. The minimum atomic E-state index is 0.307. The van der Waals surface area contributed by atoms with Crippen LogP contribution in [-0.2, 0) is 4.79 Å². The van der Waals surface area contributed by atoms with Gasteiger partial charge < -0.3 is 14.5 Å². The summed E-state index contributed by atoms with van der Waals surface area (Å²) in [6.45, 7) is 8.31. The van der Waals surface area contributed by atoms with E-state index in [9.17, 15) is 4.79 Å². The second-order valence-corrected chi connectivity index (χ2v) is 7.96. The largest absolute Gasteiger partial charge is 0.497 e. The average Bonchev–Trinajstić information content (AvgIpc) is 2.68. The van der Waals surface area contributed by atoms with Gasteiger partial charge in [-0.05, 0) is 37.1 Å². The van der Waals surface area contributed by atoms with Gasteiger partial charge in [0.05, 0.1) is 13.7 Å². The minimum Gasteiger partial charge on any atom is -0.497 e. The van der Waals surface area contributed by atoms with E-state index >= 15 is 0 Å². The van der Waals surface area contributed by atoms with Gasteiger partial charge in [-0.3, -0.25) is 14.6 Å². The molecular weight excluding hydrogens is 340 g/mol. The van der Waals surface area contributed by atoms with Gasteiger partial charge in [0.1, 0.15) is 5.75 Å². The molecule has 3 fully saturated rings. The molecule has 0 N–H and O–H groups in total. The number of hydrogen-bond acceptors (Lipinski definition) is 5. The average molecular weight is 373 g/mol. The van der Waals surface area contributed by atoms with Gasteiger partial charge in [-0.1, -0.05) is 6.42 Å². The monoisotopic (exact) mass is 372 g/mol. The van der Waals surface area contributed by atoms with Gasteiger partial charge in [0.25, 0.3) is 0 Å². The van der Waals surface area contributed by atoms with Crippen LogP contribution in [0.2, 0.25) is 0 Å². The lowest BCUT2D eigenvalue weighted by Gasteiger charge is -2.43. The summed E-state index contributed by atoms with van der Waals surface area (Å²) in [6, 6.07) is 9.04. The third-order valence-electron chi connectivity index (χ3n) is 6.43. The number of anilines is 1. The van der Waals surface area contributed by atoms with Crippen LogP contribution in [0.1, 0.15) is 19.3 Å². The smallest absolute Gasteiger partial charge is 0.236 e. The summed E-state index contributed by atoms with van der Waals surface area (Å²) >= 11 is 0. The number of methoxy groups -OCH3 is 1. The predicted octanol–water partition coefficient (Wildman–Crippen LogP) is 1.51. The van der Waals surface area contributed by atoms with E-state index in [1.165, 1.54) is 24.9 Å². The minimum absolute atomic E-state index is 0.307. The zero-order chi connectivity index (χ0) is 18.6. The molecule has 0 aromatic heterocycles. The van der Waals surface area contributed by atoms with Gasteiger partial charge >= 0.3 is 0 Å². The molecule has 148 valence electrons. The maximum atomic E-state index is 12.7. The molecule has 0 bridgehead atoms. The van der Waals surface area contributed by atoms with Crippen LogP contribution in [0.15, 0.2) is 24.3 Å². The van der Waals surface area contributed by atoms with Gasteiger partial charge in [0, 0.05) is 64.1 Å². The van der Waals surface area contributed by atoms with Gasteiger partial charge in [-0.15, -0.1) is 0 Å². The number of carbonyl (C=O) groups excluding carboxylic acids is 1. The Morgan fingerprint density at radius 2 is 1.63 bits per heavy atom. The summed E-state index contributed by atoms with van der Waals surface area (Å²) < 4.78 is 5.23. The number of hydrogen-bond donors (Lipinski definition) is 0. The maximum absolute atomic E-state index is 12.7. The van der Waals surface area contributed by atoms with Crippen LogP contribution in [0.5, 0.6) is 5.75 Å². The van der Waals surface area contributed by atoms with Crippen LogP contribution in [0.4, 0.5) is 5.69 Å². The molecule has 0 atom stereocenters. The summed E-state index contributed by atoms with van der Waals surface area (Å²) in [6.07, 6.45) is 4.09. The fourth-order valence-corrected chi connectivity index (χ4v) is 4.34. The lowest BCUT2D eigenvalue weighted by molar-refractivity contribution is -0.134. The van der Waals surface area contributed by atoms with Gasteiger partial charge in [-0.2, -0.15) is 0 Å². The summed E-state index contributed by atoms with van der Waals surface area (Å²) in [4.78, 5) is 22.0. The second-order valence-electron chi connectivity index (χ2n) is 7.96. The molecule has 2 aliphatic heterocycles. The van der Waals surface area contributed by atoms with Crippen molar-refractivity contribution in [1.82, 2.24) is 14.7 Å². The van der Waals surface area contributed by atoms with Crippen molar-refractivity contribution in [1.29, 1.82) is 0 Å². The molecule has 4 rings (SSSR count). The zero-order valence-electron chi connectivity index (χ0n) is 16.5. The first-order valence-electron chi connectivity index (χ1n) is 10.4. The first-order valence-corrected chi connectivity index (χ1v) is 10.4. The molecule has 6 nitrogen and oxygen atoms in total. The molecule has 27 heavy (non-hydrogen) atoms. The highest BCUT2D eigenvalue weighted by Gasteiger charge is 2.30. The Morgan fingerprint density at radius 1 is 0.963 bits per heavy atom. The normalized spacial score (nSPS) is 22.6. The molecule has 0 spiro atoms. The van der Waals surface area contributed by atoms with Gasteiger partial charge in [-0.25, -0.2) is 0 Å². The Balaban J connectivity index is 1.20. The van der Waals surface area contributed by atoms with E-state index in [4.69, 9.17) is 4.74 Å². The Labute approximate surface area is 162 Å². The van der Waals surface area contributed by atoms with E-state index in [1.807, 2.05) is 12.1 Å². The Bertz CT molecular complexity index is 616. The molecule has 3 aliphatic rings. The van der Waals surface area contributed by atoms with E-state index in [-0.39, 0.29) is 0 Å². The number of rotatable bonds is 5. The number of piperazine rings is 2. The number of amides is 1. The second kappa shape index (κ2) is 8.48. The topological polar surface area (TPSA) is 39.3 Å². The van der Waals surface area contributed by atoms with Crippen molar-refractivity contribution < 1.29 is 9.53 Å². The van der Waals surface area contributed by atoms with Gasteiger partial charge in [0.15, 0.2) is 0 Å². The van der Waals surface area contributed by atoms with Crippen molar-refractivity contribution in [2.24, 2.45) is 0 Å². The fourth-order valence-electron chi connectivity index (χ4n) is 4.34. The zero-order valence-corrected chi connectivity index (χ0v) is 16.5. The highest BCUT2D eigenvalue weighted by Crippen LogP contribution is 2.25. The van der Waals surface area contributed by atoms with Crippen molar-refractivity contribution in [3.8, 4) is 5.75 Å². The van der Waals surface area contributed by atoms with Gasteiger partial charge in [0.2, 0.25) is 5.91 Å². The molecule has 0 radical (unpaired) electrons. The summed E-state index contributed by atoms with van der Waals surface area (Å²) in [5, 5.41) is 0. The van der Waals surface area contributed by atoms with Crippen molar-refractivity contribution in [3.63, 3.8) is 0 Å². The molecular formula is C21H32N4O2. The molecule has 0 unspecified atom stereocenters. The van der Waals surface area contributed by atoms with E-state index in [1.54, 1.807) is 7.11 Å². The van der Waals surface area contributed by atoms with Crippen LogP contribution < -0.4 is 9.64 Å². The number of carbonyl (C=O) groups is 1. The highest BCUT2D eigenvalue weighted by molar-refractivity contribution is 5.78. The number of nitrogens with zero attached hydrogens (tertiary/aromatic N) is 4. The first kappa shape index (κ1) is 18.6. The molecule has 2 heterocycles. The van der Waals surface area contributed by atoms with E-state index in [0.29, 0.717) is 12.5 Å². The van der Waals surface area contributed by atoms with Crippen LogP contribution in [0.25, 0.3) is 0 Å². The molecule has 1 amide bonds. The van der Waals surface area contributed by atoms with Crippen molar-refractivity contribution in [2.75, 3.05) is 70.9 Å². The number of benzene rings is 1. The third-order valence-corrected chi connectivity index (χ3v) is 6.43.